The van der Waals surface area contributed by atoms with Crippen molar-refractivity contribution in [3.05, 3.63) is 28.3 Å². The van der Waals surface area contributed by atoms with Gasteiger partial charge in [-0.25, -0.2) is 0 Å². The number of nitrogens with zero attached hydrogens (tertiary/aromatic N) is 1. The SMILES string of the molecule is O=[N+]([O-])c1cccc2c1OC1CNCC1O2. The molecule has 2 aliphatic rings. The van der Waals surface area contributed by atoms with E-state index in [2.05, 4.69) is 5.32 Å². The molecule has 0 spiro atoms. The van der Waals surface area contributed by atoms with Crippen LogP contribution in [0.25, 0.3) is 0 Å². The highest BCUT2D eigenvalue weighted by Crippen LogP contribution is 2.41. The second kappa shape index (κ2) is 3.34. The van der Waals surface area contributed by atoms with Crippen LogP contribution in [0.1, 0.15) is 0 Å². The van der Waals surface area contributed by atoms with Gasteiger partial charge >= 0.3 is 5.69 Å². The standard InChI is InChI=1S/C10H10N2O4/c13-12(14)6-2-1-3-7-10(6)16-9-5-11-4-8(9)15-7/h1-3,8-9,11H,4-5H2. The zero-order chi connectivity index (χ0) is 11.1. The molecule has 16 heavy (non-hydrogen) atoms. The van der Waals surface area contributed by atoms with Crippen LogP contribution < -0.4 is 14.8 Å². The van der Waals surface area contributed by atoms with E-state index < -0.39 is 4.92 Å². The van der Waals surface area contributed by atoms with Gasteiger partial charge in [0.15, 0.2) is 5.75 Å². The Morgan fingerprint density at radius 2 is 2.06 bits per heavy atom. The fourth-order valence-corrected chi connectivity index (χ4v) is 2.04. The molecule has 0 aromatic heterocycles. The lowest BCUT2D eigenvalue weighted by molar-refractivity contribution is -0.386. The van der Waals surface area contributed by atoms with Crippen LogP contribution in [0, 0.1) is 10.1 Å². The largest absolute Gasteiger partial charge is 0.481 e. The molecule has 2 atom stereocenters. The molecule has 2 aliphatic heterocycles. The van der Waals surface area contributed by atoms with Crippen LogP contribution in [-0.4, -0.2) is 30.2 Å². The third kappa shape index (κ3) is 1.30. The molecule has 84 valence electrons. The zero-order valence-corrected chi connectivity index (χ0v) is 8.38. The lowest BCUT2D eigenvalue weighted by atomic mass is 10.2. The maximum atomic E-state index is 10.8. The molecule has 0 radical (unpaired) electrons. The van der Waals surface area contributed by atoms with Gasteiger partial charge < -0.3 is 14.8 Å². The Balaban J connectivity index is 2.04. The van der Waals surface area contributed by atoms with E-state index in [-0.39, 0.29) is 23.6 Å². The van der Waals surface area contributed by atoms with Gasteiger partial charge in [-0.3, -0.25) is 10.1 Å². The number of hydrogen-bond acceptors (Lipinski definition) is 5. The summed E-state index contributed by atoms with van der Waals surface area (Å²) >= 11 is 0. The Labute approximate surface area is 91.3 Å². The van der Waals surface area contributed by atoms with Crippen molar-refractivity contribution in [2.24, 2.45) is 0 Å². The lowest BCUT2D eigenvalue weighted by Crippen LogP contribution is -2.38. The minimum Gasteiger partial charge on any atom is -0.481 e. The summed E-state index contributed by atoms with van der Waals surface area (Å²) in [5.74, 6) is 0.705. The quantitative estimate of drug-likeness (QED) is 0.559. The minimum absolute atomic E-state index is 0.0390. The summed E-state index contributed by atoms with van der Waals surface area (Å²) in [5.41, 5.74) is -0.0390. The molecule has 1 aromatic carbocycles. The fraction of sp³-hybridized carbons (Fsp3) is 0.400. The number of nitro groups is 1. The minimum atomic E-state index is -0.453. The molecule has 0 bridgehead atoms. The van der Waals surface area contributed by atoms with Crippen LogP contribution in [0.5, 0.6) is 11.5 Å². The van der Waals surface area contributed by atoms with Crippen LogP contribution in [0.4, 0.5) is 5.69 Å². The molecule has 6 nitrogen and oxygen atoms in total. The normalized spacial score (nSPS) is 26.2. The summed E-state index contributed by atoms with van der Waals surface area (Å²) in [7, 11) is 0. The van der Waals surface area contributed by atoms with Gasteiger partial charge in [-0.1, -0.05) is 6.07 Å². The number of ether oxygens (including phenoxy) is 2. The van der Waals surface area contributed by atoms with Gasteiger partial charge in [-0.15, -0.1) is 0 Å². The summed E-state index contributed by atoms with van der Waals surface area (Å²) in [6.07, 6.45) is -0.178. The second-order valence-electron chi connectivity index (χ2n) is 3.83. The third-order valence-electron chi connectivity index (χ3n) is 2.81. The zero-order valence-electron chi connectivity index (χ0n) is 8.38. The molecule has 0 aliphatic carbocycles. The summed E-state index contributed by atoms with van der Waals surface area (Å²) in [6, 6.07) is 4.71. The van der Waals surface area contributed by atoms with Gasteiger partial charge in [0.05, 0.1) is 4.92 Å². The van der Waals surface area contributed by atoms with E-state index >= 15 is 0 Å². The molecule has 1 saturated heterocycles. The number of benzene rings is 1. The van der Waals surface area contributed by atoms with Gasteiger partial charge in [0.2, 0.25) is 5.75 Å². The van der Waals surface area contributed by atoms with E-state index in [1.165, 1.54) is 6.07 Å². The van der Waals surface area contributed by atoms with E-state index in [0.717, 1.165) is 0 Å². The van der Waals surface area contributed by atoms with Crippen molar-refractivity contribution in [1.82, 2.24) is 5.32 Å². The maximum Gasteiger partial charge on any atom is 0.314 e. The smallest absolute Gasteiger partial charge is 0.314 e. The van der Waals surface area contributed by atoms with Crippen molar-refractivity contribution >= 4 is 5.69 Å². The van der Waals surface area contributed by atoms with Crippen molar-refractivity contribution in [3.63, 3.8) is 0 Å². The van der Waals surface area contributed by atoms with Crippen molar-refractivity contribution in [2.75, 3.05) is 13.1 Å². The van der Waals surface area contributed by atoms with Gasteiger partial charge in [0, 0.05) is 19.2 Å². The molecule has 2 heterocycles. The molecule has 0 saturated carbocycles. The number of nitro benzene ring substituents is 1. The van der Waals surface area contributed by atoms with Gasteiger partial charge in [0.25, 0.3) is 0 Å². The molecule has 0 amide bonds. The Hall–Kier alpha value is -1.82. The third-order valence-corrected chi connectivity index (χ3v) is 2.81. The van der Waals surface area contributed by atoms with E-state index in [1.807, 2.05) is 0 Å². The van der Waals surface area contributed by atoms with Crippen LogP contribution in [0.15, 0.2) is 18.2 Å². The number of para-hydroxylation sites is 1. The van der Waals surface area contributed by atoms with E-state index in [4.69, 9.17) is 9.47 Å². The van der Waals surface area contributed by atoms with Crippen molar-refractivity contribution < 1.29 is 14.4 Å². The van der Waals surface area contributed by atoms with Crippen molar-refractivity contribution in [1.29, 1.82) is 0 Å². The molecule has 3 rings (SSSR count). The molecular weight excluding hydrogens is 212 g/mol. The molecule has 1 aromatic rings. The van der Waals surface area contributed by atoms with E-state index in [1.54, 1.807) is 12.1 Å². The first-order chi connectivity index (χ1) is 7.75. The van der Waals surface area contributed by atoms with Crippen LogP contribution in [0.2, 0.25) is 0 Å². The highest BCUT2D eigenvalue weighted by molar-refractivity contribution is 5.56. The number of hydrogen-bond donors (Lipinski definition) is 1. The average molecular weight is 222 g/mol. The summed E-state index contributed by atoms with van der Waals surface area (Å²) in [6.45, 7) is 1.38. The summed E-state index contributed by atoms with van der Waals surface area (Å²) in [4.78, 5) is 10.4. The van der Waals surface area contributed by atoms with Crippen LogP contribution >= 0.6 is 0 Å². The predicted octanol–water partition coefficient (Wildman–Crippen LogP) is 0.706. The predicted molar refractivity (Wildman–Crippen MR) is 54.8 cm³/mol. The molecular formula is C10H10N2O4. The molecule has 1 N–H and O–H groups in total. The van der Waals surface area contributed by atoms with Crippen LogP contribution in [-0.2, 0) is 0 Å². The molecule has 6 heteroatoms. The van der Waals surface area contributed by atoms with Crippen LogP contribution in [0.3, 0.4) is 0 Å². The maximum absolute atomic E-state index is 10.8. The highest BCUT2D eigenvalue weighted by atomic mass is 16.6. The fourth-order valence-electron chi connectivity index (χ4n) is 2.04. The Morgan fingerprint density at radius 1 is 1.31 bits per heavy atom. The first kappa shape index (κ1) is 9.41. The molecule has 1 fully saturated rings. The average Bonchev–Trinajstić information content (AvgIpc) is 2.71. The monoisotopic (exact) mass is 222 g/mol. The van der Waals surface area contributed by atoms with Crippen molar-refractivity contribution in [3.8, 4) is 11.5 Å². The number of nitrogens with one attached hydrogen (secondary N) is 1. The first-order valence-corrected chi connectivity index (χ1v) is 5.07. The Bertz CT molecular complexity index is 448. The van der Waals surface area contributed by atoms with Gasteiger partial charge in [0.1, 0.15) is 12.2 Å². The Morgan fingerprint density at radius 3 is 2.81 bits per heavy atom. The van der Waals surface area contributed by atoms with Gasteiger partial charge in [-0.2, -0.15) is 0 Å². The topological polar surface area (TPSA) is 73.6 Å². The highest BCUT2D eigenvalue weighted by Gasteiger charge is 2.38. The second-order valence-corrected chi connectivity index (χ2v) is 3.83. The summed E-state index contributed by atoms with van der Waals surface area (Å²) in [5, 5.41) is 13.9. The molecule has 2 unspecified atom stereocenters. The van der Waals surface area contributed by atoms with E-state index in [9.17, 15) is 10.1 Å². The van der Waals surface area contributed by atoms with Crippen molar-refractivity contribution in [2.45, 2.75) is 12.2 Å². The van der Waals surface area contributed by atoms with Gasteiger partial charge in [-0.05, 0) is 6.07 Å². The number of rotatable bonds is 1. The van der Waals surface area contributed by atoms with E-state index in [0.29, 0.717) is 18.8 Å². The summed E-state index contributed by atoms with van der Waals surface area (Å²) < 4.78 is 11.3. The Kier molecular flexibility index (Phi) is 1.97. The first-order valence-electron chi connectivity index (χ1n) is 5.07. The number of fused-ring (bicyclic) bond motifs is 2. The lowest BCUT2D eigenvalue weighted by Gasteiger charge is -2.28.